The van der Waals surface area contributed by atoms with E-state index in [-0.39, 0.29) is 0 Å². The average Bonchev–Trinajstić information content (AvgIpc) is 2.78. The second-order valence-electron chi connectivity index (χ2n) is 5.17. The molecule has 0 amide bonds. The molecule has 18 heavy (non-hydrogen) atoms. The summed E-state index contributed by atoms with van der Waals surface area (Å²) >= 11 is 0. The van der Waals surface area contributed by atoms with E-state index in [9.17, 15) is 0 Å². The number of hydrogen-bond acceptors (Lipinski definition) is 3. The van der Waals surface area contributed by atoms with E-state index in [1.54, 1.807) is 6.20 Å². The lowest BCUT2D eigenvalue weighted by atomic mass is 9.99. The molecule has 0 fully saturated rings. The van der Waals surface area contributed by atoms with Crippen LogP contribution in [0.3, 0.4) is 0 Å². The monoisotopic (exact) mass is 246 g/mol. The summed E-state index contributed by atoms with van der Waals surface area (Å²) in [5.74, 6) is 0.771. The highest BCUT2D eigenvalue weighted by Gasteiger charge is 2.14. The molecule has 2 heterocycles. The largest absolute Gasteiger partial charge is 0.313 e. The third-order valence-corrected chi connectivity index (χ3v) is 3.35. The first-order valence-electron chi connectivity index (χ1n) is 6.67. The third-order valence-electron chi connectivity index (χ3n) is 3.35. The molecule has 0 aliphatic carbocycles. The molecule has 0 bridgehead atoms. The van der Waals surface area contributed by atoms with Crippen molar-refractivity contribution in [2.24, 2.45) is 5.92 Å². The smallest absolute Gasteiger partial charge is 0.0892 e. The van der Waals surface area contributed by atoms with Crippen LogP contribution in [0.15, 0.2) is 24.8 Å². The second-order valence-corrected chi connectivity index (χ2v) is 5.17. The molecule has 0 saturated heterocycles. The van der Waals surface area contributed by atoms with E-state index in [4.69, 9.17) is 0 Å². The Bertz CT molecular complexity index is 489. The Labute approximate surface area is 108 Å². The van der Waals surface area contributed by atoms with Crippen LogP contribution in [0.4, 0.5) is 0 Å². The van der Waals surface area contributed by atoms with Crippen molar-refractivity contribution in [3.63, 3.8) is 0 Å². The van der Waals surface area contributed by atoms with Crippen LogP contribution in [0.25, 0.3) is 5.52 Å². The zero-order chi connectivity index (χ0) is 13.0. The van der Waals surface area contributed by atoms with Gasteiger partial charge in [-0.25, -0.2) is 4.52 Å². The maximum absolute atomic E-state index is 4.37. The Morgan fingerprint density at radius 2 is 2.11 bits per heavy atom. The number of fused-ring (bicyclic) bond motifs is 1. The van der Waals surface area contributed by atoms with Crippen molar-refractivity contribution in [2.75, 3.05) is 7.05 Å². The molecule has 2 aromatic heterocycles. The van der Waals surface area contributed by atoms with E-state index in [1.165, 1.54) is 18.4 Å². The highest BCUT2D eigenvalue weighted by Crippen LogP contribution is 2.23. The third kappa shape index (κ3) is 2.88. The van der Waals surface area contributed by atoms with Gasteiger partial charge >= 0.3 is 0 Å². The molecule has 0 aliphatic heterocycles. The standard InChI is InChI=1S/C14H22N4/c1-11(2)5-4-6-13(15-3)12-9-17-18-8-7-16-10-14(12)18/h7-11,13,15H,4-6H2,1-3H3. The normalized spacial score (nSPS) is 13.3. The molecule has 1 atom stereocenters. The van der Waals surface area contributed by atoms with E-state index in [2.05, 4.69) is 29.2 Å². The van der Waals surface area contributed by atoms with Crippen LogP contribution in [0, 0.1) is 5.92 Å². The summed E-state index contributed by atoms with van der Waals surface area (Å²) in [6.45, 7) is 4.54. The molecule has 1 N–H and O–H groups in total. The Morgan fingerprint density at radius 3 is 2.83 bits per heavy atom. The van der Waals surface area contributed by atoms with Crippen LogP contribution in [-0.2, 0) is 0 Å². The molecular weight excluding hydrogens is 224 g/mol. The minimum atomic E-state index is 0.366. The van der Waals surface area contributed by atoms with Crippen LogP contribution < -0.4 is 5.32 Å². The Morgan fingerprint density at radius 1 is 1.28 bits per heavy atom. The summed E-state index contributed by atoms with van der Waals surface area (Å²) in [5, 5.41) is 7.76. The molecule has 2 aromatic rings. The van der Waals surface area contributed by atoms with Gasteiger partial charge in [0.2, 0.25) is 0 Å². The van der Waals surface area contributed by atoms with Crippen molar-refractivity contribution in [1.82, 2.24) is 19.9 Å². The minimum absolute atomic E-state index is 0.366. The fourth-order valence-corrected chi connectivity index (χ4v) is 2.31. The van der Waals surface area contributed by atoms with Gasteiger partial charge in [0.05, 0.1) is 17.9 Å². The highest BCUT2D eigenvalue weighted by atomic mass is 15.2. The number of hydrogen-bond donors (Lipinski definition) is 1. The second kappa shape index (κ2) is 5.96. The zero-order valence-electron chi connectivity index (χ0n) is 11.4. The van der Waals surface area contributed by atoms with Crippen LogP contribution in [-0.4, -0.2) is 21.6 Å². The molecule has 0 aliphatic rings. The topological polar surface area (TPSA) is 42.2 Å². The van der Waals surface area contributed by atoms with Gasteiger partial charge in [-0.15, -0.1) is 0 Å². The molecule has 0 aromatic carbocycles. The van der Waals surface area contributed by atoms with Crippen LogP contribution >= 0.6 is 0 Å². The lowest BCUT2D eigenvalue weighted by molar-refractivity contribution is 0.472. The molecule has 1 unspecified atom stereocenters. The summed E-state index contributed by atoms with van der Waals surface area (Å²) in [5.41, 5.74) is 2.34. The molecule has 0 radical (unpaired) electrons. The van der Waals surface area contributed by atoms with Gasteiger partial charge in [-0.05, 0) is 19.4 Å². The van der Waals surface area contributed by atoms with Crippen molar-refractivity contribution in [3.8, 4) is 0 Å². The number of nitrogens with one attached hydrogen (secondary N) is 1. The van der Waals surface area contributed by atoms with Crippen molar-refractivity contribution >= 4 is 5.52 Å². The fraction of sp³-hybridized carbons (Fsp3) is 0.571. The Kier molecular flexibility index (Phi) is 4.31. The first-order valence-corrected chi connectivity index (χ1v) is 6.67. The van der Waals surface area contributed by atoms with Gasteiger partial charge in [-0.2, -0.15) is 5.10 Å². The Hall–Kier alpha value is -1.42. The van der Waals surface area contributed by atoms with Crippen molar-refractivity contribution in [1.29, 1.82) is 0 Å². The van der Waals surface area contributed by atoms with Gasteiger partial charge in [0.1, 0.15) is 0 Å². The van der Waals surface area contributed by atoms with E-state index in [1.807, 2.05) is 30.2 Å². The van der Waals surface area contributed by atoms with Gasteiger partial charge in [-0.3, -0.25) is 4.98 Å². The SMILES string of the molecule is CNC(CCCC(C)C)c1cnn2ccncc12. The van der Waals surface area contributed by atoms with Crippen LogP contribution in [0.5, 0.6) is 0 Å². The van der Waals surface area contributed by atoms with Crippen molar-refractivity contribution in [3.05, 3.63) is 30.4 Å². The molecule has 0 saturated carbocycles. The first kappa shape index (κ1) is 13.0. The van der Waals surface area contributed by atoms with Gasteiger partial charge < -0.3 is 5.32 Å². The predicted molar refractivity (Wildman–Crippen MR) is 73.5 cm³/mol. The molecule has 4 heteroatoms. The van der Waals surface area contributed by atoms with E-state index in [0.29, 0.717) is 6.04 Å². The summed E-state index contributed by atoms with van der Waals surface area (Å²) in [6, 6.07) is 0.366. The van der Waals surface area contributed by atoms with Crippen molar-refractivity contribution in [2.45, 2.75) is 39.2 Å². The maximum atomic E-state index is 4.37. The molecule has 0 spiro atoms. The highest BCUT2D eigenvalue weighted by molar-refractivity contribution is 5.53. The predicted octanol–water partition coefficient (Wildman–Crippen LogP) is 2.82. The summed E-state index contributed by atoms with van der Waals surface area (Å²) in [4.78, 5) is 4.18. The van der Waals surface area contributed by atoms with E-state index >= 15 is 0 Å². The van der Waals surface area contributed by atoms with E-state index in [0.717, 1.165) is 17.9 Å². The zero-order valence-corrected chi connectivity index (χ0v) is 11.4. The first-order chi connectivity index (χ1) is 8.72. The number of nitrogens with zero attached hydrogens (tertiary/aromatic N) is 3. The summed E-state index contributed by atoms with van der Waals surface area (Å²) in [6.07, 6.45) is 11.1. The summed E-state index contributed by atoms with van der Waals surface area (Å²) in [7, 11) is 2.01. The lowest BCUT2D eigenvalue weighted by Gasteiger charge is -2.15. The molecule has 98 valence electrons. The van der Waals surface area contributed by atoms with Gasteiger partial charge in [-0.1, -0.05) is 26.7 Å². The van der Waals surface area contributed by atoms with Crippen LogP contribution in [0.1, 0.15) is 44.7 Å². The lowest BCUT2D eigenvalue weighted by Crippen LogP contribution is -2.16. The van der Waals surface area contributed by atoms with Gasteiger partial charge in [0.25, 0.3) is 0 Å². The van der Waals surface area contributed by atoms with Crippen LogP contribution in [0.2, 0.25) is 0 Å². The molecule has 2 rings (SSSR count). The minimum Gasteiger partial charge on any atom is -0.313 e. The van der Waals surface area contributed by atoms with Gasteiger partial charge in [0.15, 0.2) is 0 Å². The van der Waals surface area contributed by atoms with Gasteiger partial charge in [0, 0.05) is 24.0 Å². The molecular formula is C14H22N4. The Balaban J connectivity index is 2.12. The summed E-state index contributed by atoms with van der Waals surface area (Å²) < 4.78 is 1.88. The maximum Gasteiger partial charge on any atom is 0.0892 e. The fourth-order valence-electron chi connectivity index (χ4n) is 2.31. The quantitative estimate of drug-likeness (QED) is 0.852. The number of aromatic nitrogens is 3. The van der Waals surface area contributed by atoms with Crippen molar-refractivity contribution < 1.29 is 0 Å². The van der Waals surface area contributed by atoms with E-state index < -0.39 is 0 Å². The molecule has 4 nitrogen and oxygen atoms in total. The number of rotatable bonds is 6. The average molecular weight is 246 g/mol.